The molecule has 196 valence electrons. The standard InChI is InChI=1S/C25H18ClN7O6/c1-12-19(22(34)30-18-11-13(23(35)36)9-10-27-18)20(14-5-2-3-6-15(14)26)31-24(28-12)32-25-29-16-7-4-8-17(33(37)38)21(16)39-25/h2-11,20H,1H3,(H,35,36)(H,27,30,34)(H2,28,29,31,32). The summed E-state index contributed by atoms with van der Waals surface area (Å²) in [7, 11) is 0. The Morgan fingerprint density at radius 1 is 1.18 bits per heavy atom. The summed E-state index contributed by atoms with van der Waals surface area (Å²) >= 11 is 6.46. The monoisotopic (exact) mass is 547 g/mol. The number of aromatic nitrogens is 2. The zero-order valence-electron chi connectivity index (χ0n) is 20.0. The van der Waals surface area contributed by atoms with E-state index >= 15 is 0 Å². The average Bonchev–Trinajstić information content (AvgIpc) is 3.31. The van der Waals surface area contributed by atoms with Crippen LogP contribution in [0, 0.1) is 10.1 Å². The molecule has 1 atom stereocenters. The molecule has 4 N–H and O–H groups in total. The summed E-state index contributed by atoms with van der Waals surface area (Å²) < 4.78 is 5.58. The Hall–Kier alpha value is -5.30. The molecule has 1 aliphatic heterocycles. The number of benzene rings is 2. The van der Waals surface area contributed by atoms with E-state index in [0.29, 0.717) is 16.3 Å². The summed E-state index contributed by atoms with van der Waals surface area (Å²) in [5.41, 5.74) is 1.09. The van der Waals surface area contributed by atoms with E-state index in [1.54, 1.807) is 37.3 Å². The van der Waals surface area contributed by atoms with Gasteiger partial charge in [-0.25, -0.2) is 14.8 Å². The number of nitrogens with one attached hydrogen (secondary N) is 3. The zero-order chi connectivity index (χ0) is 27.7. The number of oxazole rings is 1. The molecule has 0 saturated carbocycles. The predicted molar refractivity (Wildman–Crippen MR) is 142 cm³/mol. The van der Waals surface area contributed by atoms with Crippen molar-refractivity contribution in [2.45, 2.75) is 13.0 Å². The molecule has 2 aromatic heterocycles. The number of guanidine groups is 1. The van der Waals surface area contributed by atoms with Crippen LogP contribution >= 0.6 is 11.6 Å². The van der Waals surface area contributed by atoms with Gasteiger partial charge >= 0.3 is 17.7 Å². The predicted octanol–water partition coefficient (Wildman–Crippen LogP) is 4.51. The third kappa shape index (κ3) is 5.10. The van der Waals surface area contributed by atoms with Gasteiger partial charge in [-0.15, -0.1) is 0 Å². The maximum Gasteiger partial charge on any atom is 0.335 e. The van der Waals surface area contributed by atoms with E-state index in [1.165, 1.54) is 30.5 Å². The van der Waals surface area contributed by atoms with Gasteiger partial charge in [-0.3, -0.25) is 20.2 Å². The minimum atomic E-state index is -1.17. The number of rotatable bonds is 6. The van der Waals surface area contributed by atoms with Crippen molar-refractivity contribution in [1.29, 1.82) is 0 Å². The number of carbonyl (C=O) groups excluding carboxylic acids is 1. The molecule has 0 fully saturated rings. The number of nitro benzene ring substituents is 1. The molecular formula is C25H18ClN7O6. The second-order valence-electron chi connectivity index (χ2n) is 8.28. The summed E-state index contributed by atoms with van der Waals surface area (Å²) in [5.74, 6) is -1.56. The van der Waals surface area contributed by atoms with Gasteiger partial charge < -0.3 is 20.2 Å². The molecule has 14 heteroatoms. The topological polar surface area (TPSA) is 185 Å². The Kier molecular flexibility index (Phi) is 6.64. The smallest absolute Gasteiger partial charge is 0.335 e. The van der Waals surface area contributed by atoms with Gasteiger partial charge in [0.05, 0.1) is 16.1 Å². The number of amides is 1. The number of carboxylic acid groups (broad SMARTS) is 1. The van der Waals surface area contributed by atoms with Crippen LogP contribution in [0.3, 0.4) is 0 Å². The molecule has 1 amide bonds. The number of fused-ring (bicyclic) bond motifs is 1. The molecule has 0 bridgehead atoms. The molecule has 13 nitrogen and oxygen atoms in total. The van der Waals surface area contributed by atoms with Crippen LogP contribution in [0.4, 0.5) is 17.5 Å². The highest BCUT2D eigenvalue weighted by atomic mass is 35.5. The second-order valence-corrected chi connectivity index (χ2v) is 8.69. The highest BCUT2D eigenvalue weighted by molar-refractivity contribution is 6.31. The first-order valence-electron chi connectivity index (χ1n) is 11.3. The Balaban J connectivity index is 1.49. The van der Waals surface area contributed by atoms with Crippen molar-refractivity contribution in [1.82, 2.24) is 15.3 Å². The number of nitrogens with zero attached hydrogens (tertiary/aromatic N) is 4. The van der Waals surface area contributed by atoms with Gasteiger partial charge in [-0.1, -0.05) is 35.9 Å². The summed E-state index contributed by atoms with van der Waals surface area (Å²) in [4.78, 5) is 48.4. The Labute approximate surface area is 224 Å². The van der Waals surface area contributed by atoms with E-state index in [2.05, 4.69) is 30.9 Å². The molecule has 3 heterocycles. The van der Waals surface area contributed by atoms with Crippen LogP contribution in [-0.2, 0) is 4.79 Å². The number of carbonyl (C=O) groups is 2. The van der Waals surface area contributed by atoms with Gasteiger partial charge in [0.15, 0.2) is 0 Å². The van der Waals surface area contributed by atoms with Gasteiger partial charge in [-0.2, -0.15) is 4.98 Å². The second kappa shape index (κ2) is 10.2. The number of aromatic carboxylic acids is 1. The van der Waals surface area contributed by atoms with Gasteiger partial charge in [0, 0.05) is 28.5 Å². The third-order valence-corrected chi connectivity index (χ3v) is 6.09. The first-order chi connectivity index (χ1) is 18.7. The zero-order valence-corrected chi connectivity index (χ0v) is 20.8. The van der Waals surface area contributed by atoms with E-state index in [1.807, 2.05) is 0 Å². The number of pyridine rings is 1. The highest BCUT2D eigenvalue weighted by Crippen LogP contribution is 2.36. The van der Waals surface area contributed by atoms with Crippen LogP contribution in [-0.4, -0.2) is 37.8 Å². The van der Waals surface area contributed by atoms with Gasteiger partial charge in [-0.05, 0) is 31.2 Å². The van der Waals surface area contributed by atoms with Crippen LogP contribution in [0.25, 0.3) is 11.1 Å². The summed E-state index contributed by atoms with van der Waals surface area (Å²) in [6.07, 6.45) is 1.27. The normalized spacial score (nSPS) is 14.9. The molecule has 1 unspecified atom stereocenters. The Morgan fingerprint density at radius 3 is 2.72 bits per heavy atom. The maximum absolute atomic E-state index is 13.4. The number of hydrogen-bond donors (Lipinski definition) is 4. The molecule has 0 aliphatic carbocycles. The van der Waals surface area contributed by atoms with E-state index in [-0.39, 0.29) is 45.7 Å². The number of non-ortho nitro benzene ring substituents is 1. The lowest BCUT2D eigenvalue weighted by Gasteiger charge is -2.26. The fourth-order valence-corrected chi connectivity index (χ4v) is 4.24. The number of carboxylic acids is 1. The van der Waals surface area contributed by atoms with Crippen molar-refractivity contribution in [3.05, 3.63) is 98.3 Å². The summed E-state index contributed by atoms with van der Waals surface area (Å²) in [5, 5.41) is 29.4. The van der Waals surface area contributed by atoms with Crippen molar-refractivity contribution < 1.29 is 24.0 Å². The van der Waals surface area contributed by atoms with E-state index < -0.39 is 22.8 Å². The minimum Gasteiger partial charge on any atom is -0.478 e. The van der Waals surface area contributed by atoms with Crippen LogP contribution in [0.2, 0.25) is 5.02 Å². The van der Waals surface area contributed by atoms with Crippen LogP contribution in [0.1, 0.15) is 28.9 Å². The molecule has 39 heavy (non-hydrogen) atoms. The number of para-hydroxylation sites is 1. The number of aliphatic imine (C=N–C) groups is 1. The number of hydrogen-bond acceptors (Lipinski definition) is 10. The van der Waals surface area contributed by atoms with E-state index in [9.17, 15) is 24.8 Å². The molecule has 5 rings (SSSR count). The fraction of sp³-hybridized carbons (Fsp3) is 0.0800. The van der Waals surface area contributed by atoms with Crippen molar-refractivity contribution in [3.63, 3.8) is 0 Å². The Morgan fingerprint density at radius 2 is 1.97 bits per heavy atom. The molecular weight excluding hydrogens is 530 g/mol. The number of anilines is 2. The lowest BCUT2D eigenvalue weighted by atomic mass is 9.95. The fourth-order valence-electron chi connectivity index (χ4n) is 4.00. The lowest BCUT2D eigenvalue weighted by Crippen LogP contribution is -2.37. The number of halogens is 1. The quantitative estimate of drug-likeness (QED) is 0.198. The van der Waals surface area contributed by atoms with Crippen molar-refractivity contribution in [3.8, 4) is 0 Å². The number of nitro groups is 1. The van der Waals surface area contributed by atoms with Gasteiger partial charge in [0.1, 0.15) is 17.4 Å². The molecule has 0 radical (unpaired) electrons. The third-order valence-electron chi connectivity index (χ3n) is 5.75. The van der Waals surface area contributed by atoms with Crippen molar-refractivity contribution in [2.75, 3.05) is 10.6 Å². The minimum absolute atomic E-state index is 0.00696. The maximum atomic E-state index is 13.4. The first-order valence-corrected chi connectivity index (χ1v) is 11.7. The van der Waals surface area contributed by atoms with Crippen LogP contribution in [0.15, 0.2) is 81.5 Å². The highest BCUT2D eigenvalue weighted by Gasteiger charge is 2.31. The molecule has 1 aliphatic rings. The summed E-state index contributed by atoms with van der Waals surface area (Å²) in [6.45, 7) is 1.65. The van der Waals surface area contributed by atoms with Gasteiger partial charge in [0.2, 0.25) is 11.5 Å². The molecule has 0 spiro atoms. The van der Waals surface area contributed by atoms with Crippen LogP contribution < -0.4 is 16.0 Å². The van der Waals surface area contributed by atoms with E-state index in [0.717, 1.165) is 0 Å². The number of allylic oxidation sites excluding steroid dienone is 1. The van der Waals surface area contributed by atoms with Crippen molar-refractivity contribution in [2.24, 2.45) is 4.99 Å². The van der Waals surface area contributed by atoms with E-state index in [4.69, 9.17) is 16.0 Å². The average molecular weight is 548 g/mol. The first kappa shape index (κ1) is 25.4. The molecule has 4 aromatic rings. The summed E-state index contributed by atoms with van der Waals surface area (Å²) in [6, 6.07) is 12.8. The molecule has 2 aromatic carbocycles. The SMILES string of the molecule is CC1=C(C(=O)Nc2cc(C(=O)O)ccn2)C(c2ccccc2Cl)N=C(Nc2nc3cccc([N+](=O)[O-])c3o2)N1. The van der Waals surface area contributed by atoms with Crippen LogP contribution in [0.5, 0.6) is 0 Å². The lowest BCUT2D eigenvalue weighted by molar-refractivity contribution is -0.383. The van der Waals surface area contributed by atoms with Crippen molar-refractivity contribution >= 4 is 58.1 Å². The largest absolute Gasteiger partial charge is 0.478 e. The van der Waals surface area contributed by atoms with Gasteiger partial charge in [0.25, 0.3) is 5.91 Å². The molecule has 0 saturated heterocycles. The Bertz CT molecular complexity index is 1710.